The quantitative estimate of drug-likeness (QED) is 0.792. The standard InChI is InChI=1S/C15H28N2O/c1-14(2)8-5-4-7-12(14)17-13(18)15(3)9-6-10-16-11-15/h12,16H,4-11H2,1-3H3,(H,17,18). The molecule has 0 aromatic rings. The Morgan fingerprint density at radius 2 is 1.94 bits per heavy atom. The Balaban J connectivity index is 1.97. The zero-order valence-electron chi connectivity index (χ0n) is 12.1. The van der Waals surface area contributed by atoms with Gasteiger partial charge in [0.2, 0.25) is 5.91 Å². The molecule has 1 saturated heterocycles. The number of hydrogen-bond donors (Lipinski definition) is 2. The summed E-state index contributed by atoms with van der Waals surface area (Å²) in [4.78, 5) is 12.5. The zero-order valence-corrected chi connectivity index (χ0v) is 12.1. The van der Waals surface area contributed by atoms with Gasteiger partial charge in [-0.05, 0) is 44.6 Å². The summed E-state index contributed by atoms with van der Waals surface area (Å²) in [5, 5.41) is 6.69. The van der Waals surface area contributed by atoms with Crippen molar-refractivity contribution >= 4 is 5.91 Å². The number of nitrogens with one attached hydrogen (secondary N) is 2. The second-order valence-electron chi connectivity index (χ2n) is 7.10. The maximum atomic E-state index is 12.5. The molecule has 2 atom stereocenters. The van der Waals surface area contributed by atoms with Gasteiger partial charge in [0.25, 0.3) is 0 Å². The number of rotatable bonds is 2. The minimum Gasteiger partial charge on any atom is -0.352 e. The molecule has 104 valence electrons. The highest BCUT2D eigenvalue weighted by Gasteiger charge is 2.39. The third-order valence-corrected chi connectivity index (χ3v) is 4.96. The molecular formula is C15H28N2O. The predicted octanol–water partition coefficient (Wildman–Crippen LogP) is 2.46. The Bertz CT molecular complexity index is 306. The zero-order chi connectivity index (χ0) is 13.2. The summed E-state index contributed by atoms with van der Waals surface area (Å²) in [7, 11) is 0. The van der Waals surface area contributed by atoms with Crippen LogP contribution in [0.2, 0.25) is 0 Å². The van der Waals surface area contributed by atoms with Gasteiger partial charge in [-0.1, -0.05) is 26.7 Å². The summed E-state index contributed by atoms with van der Waals surface area (Å²) in [6.45, 7) is 8.56. The highest BCUT2D eigenvalue weighted by atomic mass is 16.2. The van der Waals surface area contributed by atoms with Gasteiger partial charge in [-0.15, -0.1) is 0 Å². The van der Waals surface area contributed by atoms with Gasteiger partial charge in [-0.3, -0.25) is 4.79 Å². The van der Waals surface area contributed by atoms with Gasteiger partial charge in [-0.2, -0.15) is 0 Å². The van der Waals surface area contributed by atoms with Crippen molar-refractivity contribution in [3.63, 3.8) is 0 Å². The van der Waals surface area contributed by atoms with Gasteiger partial charge in [-0.25, -0.2) is 0 Å². The summed E-state index contributed by atoms with van der Waals surface area (Å²) in [5.41, 5.74) is 0.0537. The molecule has 2 N–H and O–H groups in total. The average molecular weight is 252 g/mol. The molecule has 0 spiro atoms. The monoisotopic (exact) mass is 252 g/mol. The first-order valence-electron chi connectivity index (χ1n) is 7.46. The number of hydrogen-bond acceptors (Lipinski definition) is 2. The summed E-state index contributed by atoms with van der Waals surface area (Å²) >= 11 is 0. The van der Waals surface area contributed by atoms with Crippen LogP contribution in [0, 0.1) is 10.8 Å². The van der Waals surface area contributed by atoms with E-state index in [1.165, 1.54) is 19.3 Å². The largest absolute Gasteiger partial charge is 0.352 e. The molecule has 2 fully saturated rings. The minimum absolute atomic E-state index is 0.203. The van der Waals surface area contributed by atoms with Crippen molar-refractivity contribution in [1.82, 2.24) is 10.6 Å². The lowest BCUT2D eigenvalue weighted by molar-refractivity contribution is -0.133. The van der Waals surface area contributed by atoms with Gasteiger partial charge in [0.1, 0.15) is 0 Å². The topological polar surface area (TPSA) is 41.1 Å². The molecule has 3 nitrogen and oxygen atoms in total. The van der Waals surface area contributed by atoms with Crippen LogP contribution in [0.15, 0.2) is 0 Å². The van der Waals surface area contributed by atoms with Crippen LogP contribution >= 0.6 is 0 Å². The van der Waals surface area contributed by atoms with Crippen LogP contribution in [0.5, 0.6) is 0 Å². The molecule has 1 aliphatic heterocycles. The van der Waals surface area contributed by atoms with Gasteiger partial charge in [0.15, 0.2) is 0 Å². The van der Waals surface area contributed by atoms with Crippen LogP contribution in [0.3, 0.4) is 0 Å². The second-order valence-corrected chi connectivity index (χ2v) is 7.10. The van der Waals surface area contributed by atoms with E-state index in [9.17, 15) is 4.79 Å². The third kappa shape index (κ3) is 2.87. The summed E-state index contributed by atoms with van der Waals surface area (Å²) in [6, 6.07) is 0.359. The maximum Gasteiger partial charge on any atom is 0.227 e. The molecule has 3 heteroatoms. The molecule has 0 bridgehead atoms. The van der Waals surface area contributed by atoms with E-state index in [-0.39, 0.29) is 16.7 Å². The van der Waals surface area contributed by atoms with E-state index in [4.69, 9.17) is 0 Å². The molecule has 0 aromatic carbocycles. The molecule has 1 aliphatic carbocycles. The van der Waals surface area contributed by atoms with Gasteiger partial charge < -0.3 is 10.6 Å². The first-order chi connectivity index (χ1) is 8.44. The molecule has 0 aromatic heterocycles. The Hall–Kier alpha value is -0.570. The van der Waals surface area contributed by atoms with Crippen LogP contribution in [-0.2, 0) is 4.79 Å². The third-order valence-electron chi connectivity index (χ3n) is 4.96. The average Bonchev–Trinajstić information content (AvgIpc) is 2.32. The van der Waals surface area contributed by atoms with Crippen molar-refractivity contribution in [3.05, 3.63) is 0 Å². The van der Waals surface area contributed by atoms with Crippen LogP contribution in [0.4, 0.5) is 0 Å². The van der Waals surface area contributed by atoms with Gasteiger partial charge in [0.05, 0.1) is 5.41 Å². The number of amides is 1. The fourth-order valence-corrected chi connectivity index (χ4v) is 3.34. The van der Waals surface area contributed by atoms with Crippen LogP contribution in [0.25, 0.3) is 0 Å². The van der Waals surface area contributed by atoms with Crippen molar-refractivity contribution in [2.75, 3.05) is 13.1 Å². The summed E-state index contributed by atoms with van der Waals surface area (Å²) in [5.74, 6) is 0.259. The van der Waals surface area contributed by atoms with E-state index in [2.05, 4.69) is 31.4 Å². The summed E-state index contributed by atoms with van der Waals surface area (Å²) in [6.07, 6.45) is 7.05. The van der Waals surface area contributed by atoms with E-state index in [0.717, 1.165) is 32.4 Å². The maximum absolute atomic E-state index is 12.5. The van der Waals surface area contributed by atoms with Crippen molar-refractivity contribution in [1.29, 1.82) is 0 Å². The lowest BCUT2D eigenvalue weighted by Gasteiger charge is -2.42. The lowest BCUT2D eigenvalue weighted by atomic mass is 9.72. The van der Waals surface area contributed by atoms with Crippen LogP contribution in [-0.4, -0.2) is 25.0 Å². The van der Waals surface area contributed by atoms with Gasteiger partial charge >= 0.3 is 0 Å². The molecule has 1 heterocycles. The smallest absolute Gasteiger partial charge is 0.227 e. The molecular weight excluding hydrogens is 224 g/mol. The molecule has 2 aliphatic rings. The number of carbonyl (C=O) groups is 1. The Kier molecular flexibility index (Phi) is 4.00. The lowest BCUT2D eigenvalue weighted by Crippen LogP contribution is -2.54. The minimum atomic E-state index is -0.203. The van der Waals surface area contributed by atoms with E-state index < -0.39 is 0 Å². The molecule has 1 saturated carbocycles. The molecule has 2 rings (SSSR count). The normalized spacial score (nSPS) is 36.1. The van der Waals surface area contributed by atoms with Gasteiger partial charge in [0, 0.05) is 12.6 Å². The van der Waals surface area contributed by atoms with E-state index >= 15 is 0 Å². The first kappa shape index (κ1) is 13.9. The fraction of sp³-hybridized carbons (Fsp3) is 0.933. The molecule has 18 heavy (non-hydrogen) atoms. The SMILES string of the molecule is CC1(C(=O)NC2CCCCC2(C)C)CCCNC1. The molecule has 0 radical (unpaired) electrons. The van der Waals surface area contributed by atoms with Crippen molar-refractivity contribution < 1.29 is 4.79 Å². The fourth-order valence-electron chi connectivity index (χ4n) is 3.34. The van der Waals surface area contributed by atoms with E-state index in [1.54, 1.807) is 0 Å². The van der Waals surface area contributed by atoms with E-state index in [0.29, 0.717) is 6.04 Å². The Labute approximate surface area is 111 Å². The number of piperidine rings is 1. The molecule has 2 unspecified atom stereocenters. The number of carbonyl (C=O) groups excluding carboxylic acids is 1. The van der Waals surface area contributed by atoms with Crippen LogP contribution < -0.4 is 10.6 Å². The highest BCUT2D eigenvalue weighted by molar-refractivity contribution is 5.83. The van der Waals surface area contributed by atoms with E-state index in [1.807, 2.05) is 0 Å². The predicted molar refractivity (Wildman–Crippen MR) is 74.4 cm³/mol. The highest BCUT2D eigenvalue weighted by Crippen LogP contribution is 2.36. The second kappa shape index (κ2) is 5.20. The van der Waals surface area contributed by atoms with Crippen molar-refractivity contribution in [2.24, 2.45) is 10.8 Å². The Morgan fingerprint density at radius 3 is 2.56 bits per heavy atom. The summed E-state index contributed by atoms with van der Waals surface area (Å²) < 4.78 is 0. The first-order valence-corrected chi connectivity index (χ1v) is 7.46. The van der Waals surface area contributed by atoms with Crippen molar-refractivity contribution in [3.8, 4) is 0 Å². The van der Waals surface area contributed by atoms with Crippen LogP contribution in [0.1, 0.15) is 59.3 Å². The Morgan fingerprint density at radius 1 is 1.17 bits per heavy atom. The molecule has 1 amide bonds. The van der Waals surface area contributed by atoms with Crippen molar-refractivity contribution in [2.45, 2.75) is 65.3 Å².